The molecule has 0 radical (unpaired) electrons. The molecule has 3 aromatic heterocycles. The van der Waals surface area contributed by atoms with Crippen molar-refractivity contribution in [1.82, 2.24) is 0 Å². The highest BCUT2D eigenvalue weighted by molar-refractivity contribution is 7.27. The van der Waals surface area contributed by atoms with Gasteiger partial charge in [-0.3, -0.25) is 0 Å². The Hall–Kier alpha value is -0.900. The van der Waals surface area contributed by atoms with Gasteiger partial charge in [0.2, 0.25) is 0 Å². The molecule has 0 aliphatic heterocycles. The highest BCUT2D eigenvalue weighted by Gasteiger charge is 2.11. The molecule has 4 aromatic rings. The lowest BCUT2D eigenvalue weighted by atomic mass is 10.1. The maximum absolute atomic E-state index is 2.33. The van der Waals surface area contributed by atoms with Gasteiger partial charge in [0.15, 0.2) is 0 Å². The fourth-order valence-electron chi connectivity index (χ4n) is 2.29. The number of rotatable bonds is 0. The van der Waals surface area contributed by atoms with Crippen LogP contribution >= 0.6 is 34.0 Å². The van der Waals surface area contributed by atoms with E-state index in [0.29, 0.717) is 0 Å². The smallest absolute Gasteiger partial charge is 0.0530 e. The Labute approximate surface area is 105 Å². The number of benzene rings is 1. The third-order valence-corrected chi connectivity index (χ3v) is 5.84. The van der Waals surface area contributed by atoms with E-state index < -0.39 is 0 Å². The molecule has 0 amide bonds. The Morgan fingerprint density at radius 3 is 2.62 bits per heavy atom. The predicted molar refractivity (Wildman–Crippen MR) is 77.3 cm³/mol. The van der Waals surface area contributed by atoms with Crippen molar-refractivity contribution < 1.29 is 0 Å². The quantitative estimate of drug-likeness (QED) is 0.384. The van der Waals surface area contributed by atoms with Crippen LogP contribution in [0.25, 0.3) is 30.9 Å². The number of fused-ring (bicyclic) bond motifs is 6. The van der Waals surface area contributed by atoms with Crippen LogP contribution in [0.15, 0.2) is 28.3 Å². The van der Waals surface area contributed by atoms with Crippen LogP contribution in [0.3, 0.4) is 0 Å². The van der Waals surface area contributed by atoms with E-state index in [1.165, 1.54) is 35.8 Å². The molecule has 0 spiro atoms. The van der Waals surface area contributed by atoms with Gasteiger partial charge in [-0.1, -0.05) is 0 Å². The first-order chi connectivity index (χ1) is 7.84. The maximum Gasteiger partial charge on any atom is 0.0530 e. The lowest BCUT2D eigenvalue weighted by Crippen LogP contribution is -1.68. The molecule has 0 nitrogen and oxygen atoms in total. The third-order valence-electron chi connectivity index (χ3n) is 2.97. The Morgan fingerprint density at radius 1 is 0.938 bits per heavy atom. The van der Waals surface area contributed by atoms with Crippen molar-refractivity contribution in [3.63, 3.8) is 0 Å². The van der Waals surface area contributed by atoms with Crippen LogP contribution in [0.1, 0.15) is 4.88 Å². The van der Waals surface area contributed by atoms with Gasteiger partial charge in [0.1, 0.15) is 0 Å². The molecular weight excluding hydrogens is 252 g/mol. The average molecular weight is 260 g/mol. The topological polar surface area (TPSA) is 0 Å². The summed E-state index contributed by atoms with van der Waals surface area (Å²) in [6, 6.07) is 4.58. The number of aryl methyl sites for hydroxylation is 1. The van der Waals surface area contributed by atoms with Gasteiger partial charge >= 0.3 is 0 Å². The Bertz CT molecular complexity index is 746. The maximum atomic E-state index is 2.33. The zero-order valence-electron chi connectivity index (χ0n) is 8.61. The predicted octanol–water partition coefficient (Wildman–Crippen LogP) is 5.64. The highest BCUT2D eigenvalue weighted by atomic mass is 32.1. The van der Waals surface area contributed by atoms with Crippen molar-refractivity contribution in [2.45, 2.75) is 6.92 Å². The second-order valence-corrected chi connectivity index (χ2v) is 6.88. The molecule has 4 rings (SSSR count). The first kappa shape index (κ1) is 9.16. The van der Waals surface area contributed by atoms with E-state index >= 15 is 0 Å². The van der Waals surface area contributed by atoms with Crippen LogP contribution in [0.4, 0.5) is 0 Å². The van der Waals surface area contributed by atoms with Gasteiger partial charge < -0.3 is 0 Å². The molecule has 3 heterocycles. The number of hydrogen-bond donors (Lipinski definition) is 0. The van der Waals surface area contributed by atoms with Crippen LogP contribution in [0, 0.1) is 6.92 Å². The minimum Gasteiger partial charge on any atom is -0.151 e. The Kier molecular flexibility index (Phi) is 1.76. The molecule has 3 heteroatoms. The molecule has 0 saturated carbocycles. The lowest BCUT2D eigenvalue weighted by molar-refractivity contribution is 1.66. The summed E-state index contributed by atoms with van der Waals surface area (Å²) in [4.78, 5) is 1.41. The zero-order chi connectivity index (χ0) is 10.7. The van der Waals surface area contributed by atoms with Crippen molar-refractivity contribution in [3.8, 4) is 0 Å². The van der Waals surface area contributed by atoms with Gasteiger partial charge in [0, 0.05) is 26.4 Å². The molecule has 0 N–H and O–H groups in total. The summed E-state index contributed by atoms with van der Waals surface area (Å²) in [7, 11) is 0. The second-order valence-electron chi connectivity index (χ2n) is 3.96. The summed E-state index contributed by atoms with van der Waals surface area (Å²) in [5, 5.41) is 12.5. The average Bonchev–Trinajstić information content (AvgIpc) is 2.91. The molecule has 1 aromatic carbocycles. The molecule has 0 aliphatic carbocycles. The molecule has 78 valence electrons. The van der Waals surface area contributed by atoms with E-state index in [4.69, 9.17) is 0 Å². The first-order valence-corrected chi connectivity index (χ1v) is 7.74. The van der Waals surface area contributed by atoms with Crippen molar-refractivity contribution in [3.05, 3.63) is 33.2 Å². The number of hydrogen-bond acceptors (Lipinski definition) is 3. The van der Waals surface area contributed by atoms with Gasteiger partial charge in [-0.2, -0.15) is 11.3 Å². The largest absolute Gasteiger partial charge is 0.151 e. The summed E-state index contributed by atoms with van der Waals surface area (Å²) >= 11 is 5.59. The normalized spacial score (nSPS) is 12.1. The van der Waals surface area contributed by atoms with Crippen LogP contribution in [0.2, 0.25) is 0 Å². The van der Waals surface area contributed by atoms with Gasteiger partial charge in [0.05, 0.1) is 9.40 Å². The molecular formula is C13H8S3. The fraction of sp³-hybridized carbons (Fsp3) is 0.0769. The summed E-state index contributed by atoms with van der Waals surface area (Å²) in [6.45, 7) is 2.20. The first-order valence-electron chi connectivity index (χ1n) is 5.10. The van der Waals surface area contributed by atoms with Crippen molar-refractivity contribution in [2.75, 3.05) is 0 Å². The standard InChI is InChI=1S/C13H8S3/c1-7-4-9-11-6-14-5-10(11)8-2-3-15-12(8)13(9)16-7/h2-6H,1H3. The molecule has 0 aliphatic rings. The van der Waals surface area contributed by atoms with E-state index in [2.05, 4.69) is 35.2 Å². The van der Waals surface area contributed by atoms with Crippen molar-refractivity contribution in [2.24, 2.45) is 0 Å². The van der Waals surface area contributed by atoms with Crippen molar-refractivity contribution in [1.29, 1.82) is 0 Å². The van der Waals surface area contributed by atoms with Crippen molar-refractivity contribution >= 4 is 65.0 Å². The van der Waals surface area contributed by atoms with Crippen LogP contribution < -0.4 is 0 Å². The number of thiophene rings is 3. The van der Waals surface area contributed by atoms with Gasteiger partial charge in [0.25, 0.3) is 0 Å². The van der Waals surface area contributed by atoms with Crippen LogP contribution in [-0.2, 0) is 0 Å². The van der Waals surface area contributed by atoms with E-state index in [-0.39, 0.29) is 0 Å². The molecule has 16 heavy (non-hydrogen) atoms. The van der Waals surface area contributed by atoms with Gasteiger partial charge in [-0.15, -0.1) is 22.7 Å². The minimum atomic E-state index is 1.41. The highest BCUT2D eigenvalue weighted by Crippen LogP contribution is 2.42. The van der Waals surface area contributed by atoms with E-state index in [9.17, 15) is 0 Å². The summed E-state index contributed by atoms with van der Waals surface area (Å²) < 4.78 is 2.92. The van der Waals surface area contributed by atoms with Crippen LogP contribution in [0.5, 0.6) is 0 Å². The molecule has 0 atom stereocenters. The van der Waals surface area contributed by atoms with Crippen LogP contribution in [-0.4, -0.2) is 0 Å². The molecule has 0 unspecified atom stereocenters. The lowest BCUT2D eigenvalue weighted by Gasteiger charge is -1.96. The monoisotopic (exact) mass is 260 g/mol. The van der Waals surface area contributed by atoms with E-state index in [1.807, 2.05) is 22.7 Å². The third kappa shape index (κ3) is 1.03. The van der Waals surface area contributed by atoms with Gasteiger partial charge in [-0.25, -0.2) is 0 Å². The molecule has 0 fully saturated rings. The van der Waals surface area contributed by atoms with E-state index in [0.717, 1.165) is 0 Å². The molecule has 0 saturated heterocycles. The molecule has 0 bridgehead atoms. The minimum absolute atomic E-state index is 1.41. The summed E-state index contributed by atoms with van der Waals surface area (Å²) in [5.41, 5.74) is 0. The van der Waals surface area contributed by atoms with E-state index in [1.54, 1.807) is 11.3 Å². The summed E-state index contributed by atoms with van der Waals surface area (Å²) in [5.74, 6) is 0. The second kappa shape index (κ2) is 3.06. The zero-order valence-corrected chi connectivity index (χ0v) is 11.1. The van der Waals surface area contributed by atoms with Gasteiger partial charge in [-0.05, 0) is 35.2 Å². The Morgan fingerprint density at radius 2 is 1.75 bits per heavy atom. The fourth-order valence-corrected chi connectivity index (χ4v) is 5.25. The summed E-state index contributed by atoms with van der Waals surface area (Å²) in [6.07, 6.45) is 0. The Balaban J connectivity index is 2.50. The SMILES string of the molecule is Cc1cc2c3cscc3c3ccsc3c2s1.